The van der Waals surface area contributed by atoms with Crippen LogP contribution in [0, 0.1) is 22.7 Å². The maximum atomic E-state index is 12.7. The van der Waals surface area contributed by atoms with E-state index in [4.69, 9.17) is 20.4 Å². The number of sulfonamides is 1. The number of hydrogen-bond acceptors (Lipinski definition) is 8. The predicted molar refractivity (Wildman–Crippen MR) is 120 cm³/mol. The number of nitriles is 2. The van der Waals surface area contributed by atoms with E-state index >= 15 is 0 Å². The zero-order valence-electron chi connectivity index (χ0n) is 19.2. The van der Waals surface area contributed by atoms with Gasteiger partial charge in [0, 0.05) is 19.2 Å². The summed E-state index contributed by atoms with van der Waals surface area (Å²) < 4.78 is 69.0. The fraction of sp³-hybridized carbons (Fsp3) is 0.391. The van der Waals surface area contributed by atoms with Crippen LogP contribution in [0.5, 0.6) is 11.5 Å². The first kappa shape index (κ1) is 28.9. The van der Waals surface area contributed by atoms with Gasteiger partial charge in [0.05, 0.1) is 40.9 Å². The Morgan fingerprint density at radius 3 is 2.39 bits per heavy atom. The van der Waals surface area contributed by atoms with Crippen LogP contribution < -0.4 is 4.74 Å². The minimum Gasteiger partial charge on any atom is -0.504 e. The highest BCUT2D eigenvalue weighted by molar-refractivity contribution is 7.89. The fourth-order valence-corrected chi connectivity index (χ4v) is 4.86. The average molecular weight is 528 g/mol. The van der Waals surface area contributed by atoms with E-state index in [0.29, 0.717) is 30.1 Å². The molecule has 1 saturated heterocycles. The summed E-state index contributed by atoms with van der Waals surface area (Å²) in [5, 5.41) is 45.8. The highest BCUT2D eigenvalue weighted by atomic mass is 32.2. The van der Waals surface area contributed by atoms with Crippen LogP contribution in [0.2, 0.25) is 0 Å². The van der Waals surface area contributed by atoms with E-state index in [1.165, 1.54) is 18.2 Å². The van der Waals surface area contributed by atoms with E-state index in [9.17, 15) is 31.8 Å². The number of phenols is 1. The van der Waals surface area contributed by atoms with Crippen molar-refractivity contribution in [2.75, 3.05) is 26.3 Å². The lowest BCUT2D eigenvalue weighted by atomic mass is 10.1. The van der Waals surface area contributed by atoms with Gasteiger partial charge in [0.15, 0.2) is 11.5 Å². The quantitative estimate of drug-likeness (QED) is 0.518. The van der Waals surface area contributed by atoms with E-state index in [-0.39, 0.29) is 18.7 Å². The fourth-order valence-electron chi connectivity index (χ4n) is 3.22. The summed E-state index contributed by atoms with van der Waals surface area (Å²) >= 11 is 0. The molecule has 0 aliphatic carbocycles. The number of hydrogen-bond donors (Lipinski definition) is 3. The van der Waals surface area contributed by atoms with Crippen molar-refractivity contribution < 1.29 is 41.6 Å². The smallest absolute Gasteiger partial charge is 0.416 e. The molecule has 36 heavy (non-hydrogen) atoms. The van der Waals surface area contributed by atoms with Crippen LogP contribution in [0.25, 0.3) is 0 Å². The van der Waals surface area contributed by atoms with E-state index in [0.717, 1.165) is 16.8 Å². The second kappa shape index (κ2) is 11.6. The molecule has 0 bridgehead atoms. The van der Waals surface area contributed by atoms with Crippen molar-refractivity contribution in [2.24, 2.45) is 0 Å². The molecule has 0 spiro atoms. The van der Waals surface area contributed by atoms with Crippen LogP contribution in [-0.4, -0.2) is 59.9 Å². The van der Waals surface area contributed by atoms with Gasteiger partial charge in [0.2, 0.25) is 10.0 Å². The van der Waals surface area contributed by atoms with Crippen molar-refractivity contribution in [1.82, 2.24) is 4.31 Å². The average Bonchev–Trinajstić information content (AvgIpc) is 3.26. The zero-order valence-corrected chi connectivity index (χ0v) is 20.0. The summed E-state index contributed by atoms with van der Waals surface area (Å²) in [7, 11) is -4.25. The number of aliphatic hydroxyl groups is 2. The van der Waals surface area contributed by atoms with Gasteiger partial charge in [-0.3, -0.25) is 0 Å². The molecule has 0 aromatic heterocycles. The van der Waals surface area contributed by atoms with Crippen molar-refractivity contribution in [3.05, 3.63) is 53.1 Å². The topological polar surface area (TPSA) is 155 Å². The van der Waals surface area contributed by atoms with E-state index in [1.54, 1.807) is 6.07 Å². The molecule has 0 amide bonds. The summed E-state index contributed by atoms with van der Waals surface area (Å²) in [6.07, 6.45) is -3.83. The van der Waals surface area contributed by atoms with Gasteiger partial charge in [0.1, 0.15) is 11.7 Å². The lowest BCUT2D eigenvalue weighted by Gasteiger charge is -2.21. The Morgan fingerprint density at radius 2 is 1.86 bits per heavy atom. The molecule has 3 rings (SSSR count). The molecule has 1 heterocycles. The molecule has 13 heteroatoms. The minimum absolute atomic E-state index is 0.00868. The number of β-amino-alcohol motifs (C(OH)–C–C–N with tert-alkyl or cyclic N) is 1. The first-order valence-corrected chi connectivity index (χ1v) is 12.1. The Bertz CT molecular complexity index is 1270. The van der Waals surface area contributed by atoms with Gasteiger partial charge < -0.3 is 20.1 Å². The standard InChI is InChI=1S/C13H13F3N2O4S.C10H11NO2/c14-13(15,16)10-1-2-11(9(5-10)6-17)23(21,22)18-4-3-12(20,7-18)8-19;1-2-5-13-10-6-8(7-11)3-4-9(10)12/h1-2,5,19-20H,3-4,7-8H2;3-4,6,12H,2,5H2,1H3. The molecule has 9 nitrogen and oxygen atoms in total. The maximum absolute atomic E-state index is 12.7. The Balaban J connectivity index is 0.000000297. The van der Waals surface area contributed by atoms with Gasteiger partial charge in [-0.1, -0.05) is 6.92 Å². The van der Waals surface area contributed by atoms with Gasteiger partial charge in [-0.2, -0.15) is 28.0 Å². The second-order valence-electron chi connectivity index (χ2n) is 7.93. The molecule has 1 aliphatic heterocycles. The van der Waals surface area contributed by atoms with Crippen LogP contribution in [-0.2, 0) is 16.2 Å². The van der Waals surface area contributed by atoms with Crippen LogP contribution in [0.15, 0.2) is 41.3 Å². The molecule has 0 radical (unpaired) electrons. The number of aliphatic hydroxyl groups excluding tert-OH is 1. The molecule has 1 atom stereocenters. The minimum atomic E-state index is -4.70. The van der Waals surface area contributed by atoms with Gasteiger partial charge >= 0.3 is 6.18 Å². The normalized spacial score (nSPS) is 18.0. The Morgan fingerprint density at radius 1 is 1.17 bits per heavy atom. The van der Waals surface area contributed by atoms with Crippen molar-refractivity contribution in [1.29, 1.82) is 10.5 Å². The van der Waals surface area contributed by atoms with E-state index < -0.39 is 51.0 Å². The third-order valence-electron chi connectivity index (χ3n) is 5.19. The molecule has 194 valence electrons. The summed E-state index contributed by atoms with van der Waals surface area (Å²) in [6.45, 7) is 1.38. The predicted octanol–water partition coefficient (Wildman–Crippen LogP) is 2.75. The number of rotatable bonds is 6. The lowest BCUT2D eigenvalue weighted by Crippen LogP contribution is -2.39. The van der Waals surface area contributed by atoms with Crippen molar-refractivity contribution >= 4 is 10.0 Å². The number of benzene rings is 2. The first-order chi connectivity index (χ1) is 16.8. The van der Waals surface area contributed by atoms with Crippen LogP contribution in [0.1, 0.15) is 36.5 Å². The van der Waals surface area contributed by atoms with E-state index in [1.807, 2.05) is 13.0 Å². The monoisotopic (exact) mass is 527 g/mol. The molecule has 0 saturated carbocycles. The molecule has 1 unspecified atom stereocenters. The van der Waals surface area contributed by atoms with E-state index in [2.05, 4.69) is 0 Å². The van der Waals surface area contributed by atoms with Crippen LogP contribution >= 0.6 is 0 Å². The van der Waals surface area contributed by atoms with Crippen molar-refractivity contribution in [3.8, 4) is 23.6 Å². The van der Waals surface area contributed by atoms with Crippen LogP contribution in [0.4, 0.5) is 13.2 Å². The number of aromatic hydroxyl groups is 1. The molecule has 3 N–H and O–H groups in total. The summed E-state index contributed by atoms with van der Waals surface area (Å²) in [5.74, 6) is 0.452. The molecule has 2 aromatic rings. The molecule has 1 fully saturated rings. The zero-order chi connectivity index (χ0) is 27.1. The molecule has 2 aromatic carbocycles. The molecule has 1 aliphatic rings. The highest BCUT2D eigenvalue weighted by Gasteiger charge is 2.42. The van der Waals surface area contributed by atoms with Crippen molar-refractivity contribution in [3.63, 3.8) is 0 Å². The van der Waals surface area contributed by atoms with Gasteiger partial charge in [-0.15, -0.1) is 0 Å². The number of phenolic OH excluding ortho intramolecular Hbond substituents is 1. The SMILES string of the molecule is CCCOc1cc(C#N)ccc1O.N#Cc1cc(C(F)(F)F)ccc1S(=O)(=O)N1CCC(O)(CO)C1. The summed E-state index contributed by atoms with van der Waals surface area (Å²) in [6, 6.07) is 9.77. The summed E-state index contributed by atoms with van der Waals surface area (Å²) in [5.41, 5.74) is -2.85. The third-order valence-corrected chi connectivity index (χ3v) is 7.09. The maximum Gasteiger partial charge on any atom is 0.416 e. The Kier molecular flexibility index (Phi) is 9.29. The van der Waals surface area contributed by atoms with Gasteiger partial charge in [-0.25, -0.2) is 8.42 Å². The van der Waals surface area contributed by atoms with Crippen LogP contribution in [0.3, 0.4) is 0 Å². The number of ether oxygens (including phenoxy) is 1. The lowest BCUT2D eigenvalue weighted by molar-refractivity contribution is -0.137. The number of nitrogens with zero attached hydrogens (tertiary/aromatic N) is 3. The van der Waals surface area contributed by atoms with Gasteiger partial charge in [0.25, 0.3) is 0 Å². The Hall–Kier alpha value is -3.36. The molecular weight excluding hydrogens is 503 g/mol. The molecular formula is C23H24F3N3O6S. The Labute approximate surface area is 206 Å². The number of alkyl halides is 3. The largest absolute Gasteiger partial charge is 0.504 e. The second-order valence-corrected chi connectivity index (χ2v) is 9.84. The third kappa shape index (κ3) is 6.86. The number of halogens is 3. The summed E-state index contributed by atoms with van der Waals surface area (Å²) in [4.78, 5) is -0.560. The first-order valence-electron chi connectivity index (χ1n) is 10.6. The van der Waals surface area contributed by atoms with Crippen molar-refractivity contribution in [2.45, 2.75) is 36.4 Å². The van der Waals surface area contributed by atoms with Gasteiger partial charge in [-0.05, 0) is 43.2 Å². The highest BCUT2D eigenvalue weighted by Crippen LogP contribution is 2.33.